The number of hydrogen-bond acceptors (Lipinski definition) is 2. The molecule has 0 radical (unpaired) electrons. The lowest BCUT2D eigenvalue weighted by Gasteiger charge is -2.01. The molecule has 0 aliphatic heterocycles. The summed E-state index contributed by atoms with van der Waals surface area (Å²) in [6.07, 6.45) is 1.70. The van der Waals surface area contributed by atoms with E-state index in [-0.39, 0.29) is 5.82 Å². The fourth-order valence-corrected chi connectivity index (χ4v) is 2.16. The molecular weight excluding hydrogens is 277 g/mol. The monoisotopic (exact) mass is 287 g/mol. The summed E-state index contributed by atoms with van der Waals surface area (Å²) in [5.41, 5.74) is 8.76. The van der Waals surface area contributed by atoms with Crippen molar-refractivity contribution in [3.8, 4) is 16.9 Å². The Morgan fingerprint density at radius 3 is 2.55 bits per heavy atom. The Morgan fingerprint density at radius 1 is 1.10 bits per heavy atom. The van der Waals surface area contributed by atoms with Crippen LogP contribution >= 0.6 is 11.6 Å². The van der Waals surface area contributed by atoms with Crippen LogP contribution in [-0.4, -0.2) is 9.78 Å². The molecule has 0 aliphatic carbocycles. The molecule has 3 nitrogen and oxygen atoms in total. The molecule has 3 aromatic rings. The zero-order valence-electron chi connectivity index (χ0n) is 10.4. The summed E-state index contributed by atoms with van der Waals surface area (Å²) in [4.78, 5) is 0. The second kappa shape index (κ2) is 4.98. The molecule has 2 aromatic carbocycles. The highest BCUT2D eigenvalue weighted by molar-refractivity contribution is 6.30. The van der Waals surface area contributed by atoms with E-state index in [1.165, 1.54) is 12.1 Å². The number of halogens is 2. The molecule has 0 saturated heterocycles. The van der Waals surface area contributed by atoms with Crippen molar-refractivity contribution >= 4 is 17.3 Å². The number of benzene rings is 2. The van der Waals surface area contributed by atoms with E-state index in [2.05, 4.69) is 5.10 Å². The van der Waals surface area contributed by atoms with Gasteiger partial charge in [-0.05, 0) is 36.4 Å². The van der Waals surface area contributed by atoms with Gasteiger partial charge in [0.25, 0.3) is 0 Å². The van der Waals surface area contributed by atoms with Crippen LogP contribution in [0.4, 0.5) is 10.1 Å². The van der Waals surface area contributed by atoms with Gasteiger partial charge in [-0.2, -0.15) is 5.10 Å². The smallest absolute Gasteiger partial charge is 0.123 e. The number of rotatable bonds is 2. The number of aromatic nitrogens is 2. The first-order valence-corrected chi connectivity index (χ1v) is 6.38. The first-order valence-electron chi connectivity index (χ1n) is 6.00. The highest BCUT2D eigenvalue weighted by atomic mass is 35.5. The lowest BCUT2D eigenvalue weighted by atomic mass is 10.1. The average molecular weight is 288 g/mol. The zero-order valence-corrected chi connectivity index (χ0v) is 11.2. The van der Waals surface area contributed by atoms with Gasteiger partial charge in [0.2, 0.25) is 0 Å². The standard InChI is InChI=1S/C15H11ClFN3/c16-11-3-1-2-10(8-11)15-14(18)9-20(19-15)13-6-4-12(17)5-7-13/h1-9H,18H2. The van der Waals surface area contributed by atoms with E-state index in [4.69, 9.17) is 17.3 Å². The zero-order chi connectivity index (χ0) is 14.1. The van der Waals surface area contributed by atoms with Gasteiger partial charge in [-0.3, -0.25) is 0 Å². The SMILES string of the molecule is Nc1cn(-c2ccc(F)cc2)nc1-c1cccc(Cl)c1. The minimum absolute atomic E-state index is 0.288. The van der Waals surface area contributed by atoms with Crippen molar-refractivity contribution in [2.75, 3.05) is 5.73 Å². The van der Waals surface area contributed by atoms with Crippen LogP contribution in [0.15, 0.2) is 54.7 Å². The van der Waals surface area contributed by atoms with Gasteiger partial charge in [-0.15, -0.1) is 0 Å². The summed E-state index contributed by atoms with van der Waals surface area (Å²) < 4.78 is 14.5. The lowest BCUT2D eigenvalue weighted by molar-refractivity contribution is 0.627. The molecule has 0 aliphatic rings. The van der Waals surface area contributed by atoms with Crippen molar-refractivity contribution in [3.05, 3.63) is 65.6 Å². The van der Waals surface area contributed by atoms with Crippen LogP contribution in [0.3, 0.4) is 0 Å². The third-order valence-corrected chi connectivity index (χ3v) is 3.17. The second-order valence-corrected chi connectivity index (χ2v) is 4.80. The Balaban J connectivity index is 2.05. The molecule has 3 rings (SSSR count). The van der Waals surface area contributed by atoms with Crippen molar-refractivity contribution in [3.63, 3.8) is 0 Å². The number of nitrogens with two attached hydrogens (primary N) is 1. The third kappa shape index (κ3) is 2.38. The maximum Gasteiger partial charge on any atom is 0.123 e. The number of nitrogens with zero attached hydrogens (tertiary/aromatic N) is 2. The summed E-state index contributed by atoms with van der Waals surface area (Å²) in [6.45, 7) is 0. The molecule has 1 aromatic heterocycles. The maximum absolute atomic E-state index is 12.9. The van der Waals surface area contributed by atoms with Crippen LogP contribution in [0.25, 0.3) is 16.9 Å². The minimum Gasteiger partial charge on any atom is -0.396 e. The number of hydrogen-bond donors (Lipinski definition) is 1. The van der Waals surface area contributed by atoms with Gasteiger partial charge in [0.05, 0.1) is 17.6 Å². The molecule has 0 atom stereocenters. The molecule has 5 heteroatoms. The van der Waals surface area contributed by atoms with Gasteiger partial charge in [0.15, 0.2) is 0 Å². The maximum atomic E-state index is 12.9. The fourth-order valence-electron chi connectivity index (χ4n) is 1.97. The van der Waals surface area contributed by atoms with Crippen molar-refractivity contribution in [1.29, 1.82) is 0 Å². The van der Waals surface area contributed by atoms with E-state index < -0.39 is 0 Å². The van der Waals surface area contributed by atoms with Crippen LogP contribution in [0.1, 0.15) is 0 Å². The molecule has 0 amide bonds. The van der Waals surface area contributed by atoms with Gasteiger partial charge in [0.1, 0.15) is 11.5 Å². The van der Waals surface area contributed by atoms with E-state index in [1.807, 2.05) is 12.1 Å². The highest BCUT2D eigenvalue weighted by Crippen LogP contribution is 2.27. The first-order chi connectivity index (χ1) is 9.63. The molecular formula is C15H11ClFN3. The van der Waals surface area contributed by atoms with Gasteiger partial charge in [-0.1, -0.05) is 23.7 Å². The summed E-state index contributed by atoms with van der Waals surface area (Å²) in [6, 6.07) is 13.4. The van der Waals surface area contributed by atoms with Gasteiger partial charge >= 0.3 is 0 Å². The van der Waals surface area contributed by atoms with Gasteiger partial charge in [-0.25, -0.2) is 9.07 Å². The number of nitrogen functional groups attached to an aromatic ring is 1. The van der Waals surface area contributed by atoms with Crippen LogP contribution in [0.5, 0.6) is 0 Å². The fraction of sp³-hybridized carbons (Fsp3) is 0. The summed E-state index contributed by atoms with van der Waals surface area (Å²) in [5.74, 6) is -0.288. The molecule has 20 heavy (non-hydrogen) atoms. The van der Waals surface area contributed by atoms with E-state index in [0.717, 1.165) is 11.3 Å². The third-order valence-electron chi connectivity index (χ3n) is 2.93. The quantitative estimate of drug-likeness (QED) is 0.776. The molecule has 1 heterocycles. The van der Waals surface area contributed by atoms with Crippen LogP contribution in [0.2, 0.25) is 5.02 Å². The Morgan fingerprint density at radius 2 is 1.85 bits per heavy atom. The second-order valence-electron chi connectivity index (χ2n) is 4.36. The Kier molecular flexibility index (Phi) is 3.16. The summed E-state index contributed by atoms with van der Waals surface area (Å²) in [5, 5.41) is 5.05. The molecule has 0 saturated carbocycles. The average Bonchev–Trinajstić information content (AvgIpc) is 2.82. The topological polar surface area (TPSA) is 43.8 Å². The minimum atomic E-state index is -0.288. The molecule has 2 N–H and O–H groups in total. The van der Waals surface area contributed by atoms with Crippen molar-refractivity contribution in [2.24, 2.45) is 0 Å². The van der Waals surface area contributed by atoms with Crippen LogP contribution in [0, 0.1) is 5.82 Å². The number of anilines is 1. The molecule has 0 spiro atoms. The van der Waals surface area contributed by atoms with Gasteiger partial charge in [0, 0.05) is 10.6 Å². The Hall–Kier alpha value is -2.33. The van der Waals surface area contributed by atoms with Crippen molar-refractivity contribution in [2.45, 2.75) is 0 Å². The van der Waals surface area contributed by atoms with E-state index in [1.54, 1.807) is 35.1 Å². The normalized spacial score (nSPS) is 10.7. The predicted octanol–water partition coefficient (Wildman–Crippen LogP) is 3.91. The van der Waals surface area contributed by atoms with E-state index in [9.17, 15) is 4.39 Å². The van der Waals surface area contributed by atoms with E-state index >= 15 is 0 Å². The summed E-state index contributed by atoms with van der Waals surface area (Å²) >= 11 is 5.97. The molecule has 0 fully saturated rings. The van der Waals surface area contributed by atoms with Crippen molar-refractivity contribution < 1.29 is 4.39 Å². The summed E-state index contributed by atoms with van der Waals surface area (Å²) in [7, 11) is 0. The lowest BCUT2D eigenvalue weighted by Crippen LogP contribution is -1.94. The van der Waals surface area contributed by atoms with Gasteiger partial charge < -0.3 is 5.73 Å². The Bertz CT molecular complexity index is 750. The molecule has 0 bridgehead atoms. The van der Waals surface area contributed by atoms with Crippen molar-refractivity contribution in [1.82, 2.24) is 9.78 Å². The first kappa shape index (κ1) is 12.7. The highest BCUT2D eigenvalue weighted by Gasteiger charge is 2.10. The molecule has 100 valence electrons. The largest absolute Gasteiger partial charge is 0.396 e. The van der Waals surface area contributed by atoms with Crippen LogP contribution < -0.4 is 5.73 Å². The van der Waals surface area contributed by atoms with E-state index in [0.29, 0.717) is 16.4 Å². The predicted molar refractivity (Wildman–Crippen MR) is 78.4 cm³/mol. The van der Waals surface area contributed by atoms with Crippen LogP contribution in [-0.2, 0) is 0 Å². The Labute approximate surface area is 120 Å². The molecule has 0 unspecified atom stereocenters.